The number of nitrogens with one attached hydrogen (secondary N) is 1. The van der Waals surface area contributed by atoms with Crippen LogP contribution in [0.1, 0.15) is 5.76 Å². The SMILES string of the molecule is O=C1NC(=O)N(c2ccc(Cl)cc2)C(=O)C1=Cc1ccc(-c2cccc([N+](=O)[O-])c2)o1. The number of urea groups is 1. The van der Waals surface area contributed by atoms with Crippen molar-refractivity contribution in [3.05, 3.63) is 87.1 Å². The Hall–Kier alpha value is -4.24. The van der Waals surface area contributed by atoms with Crippen LogP contribution >= 0.6 is 11.6 Å². The van der Waals surface area contributed by atoms with Gasteiger partial charge in [-0.15, -0.1) is 0 Å². The van der Waals surface area contributed by atoms with Gasteiger partial charge in [-0.05, 0) is 42.5 Å². The number of hydrogen-bond acceptors (Lipinski definition) is 6. The molecule has 1 N–H and O–H groups in total. The molecular weight excluding hydrogens is 426 g/mol. The molecule has 1 aromatic heterocycles. The zero-order chi connectivity index (χ0) is 22.1. The van der Waals surface area contributed by atoms with Crippen LogP contribution in [0, 0.1) is 10.1 Å². The average Bonchev–Trinajstić information content (AvgIpc) is 3.21. The highest BCUT2D eigenvalue weighted by Gasteiger charge is 2.37. The van der Waals surface area contributed by atoms with Gasteiger partial charge in [-0.1, -0.05) is 23.7 Å². The minimum absolute atomic E-state index is 0.104. The van der Waals surface area contributed by atoms with Crippen LogP contribution in [0.25, 0.3) is 17.4 Å². The predicted octanol–water partition coefficient (Wildman–Crippen LogP) is 4.17. The number of hydrogen-bond donors (Lipinski definition) is 1. The minimum atomic E-state index is -0.883. The molecule has 0 spiro atoms. The number of carbonyl (C=O) groups excluding carboxylic acids is 3. The number of imide groups is 2. The summed E-state index contributed by atoms with van der Waals surface area (Å²) in [6.45, 7) is 0. The summed E-state index contributed by atoms with van der Waals surface area (Å²) in [5.41, 5.74) is 0.278. The maximum absolute atomic E-state index is 12.9. The lowest BCUT2D eigenvalue weighted by molar-refractivity contribution is -0.384. The van der Waals surface area contributed by atoms with E-state index in [1.165, 1.54) is 54.6 Å². The van der Waals surface area contributed by atoms with Crippen LogP contribution in [0.3, 0.4) is 0 Å². The standard InChI is InChI=1S/C21H12ClN3O6/c22-13-4-6-14(7-5-13)24-20(27)17(19(26)23-21(24)28)11-16-8-9-18(31-16)12-2-1-3-15(10-12)25(29)30/h1-11H,(H,23,26,28). The molecule has 154 valence electrons. The first-order valence-corrected chi connectivity index (χ1v) is 9.23. The molecule has 4 rings (SSSR count). The number of anilines is 1. The first kappa shape index (κ1) is 20.0. The molecule has 0 bridgehead atoms. The Morgan fingerprint density at radius 3 is 2.48 bits per heavy atom. The minimum Gasteiger partial charge on any atom is -0.457 e. The maximum atomic E-state index is 12.9. The van der Waals surface area contributed by atoms with Gasteiger partial charge < -0.3 is 4.42 Å². The van der Waals surface area contributed by atoms with Crippen molar-refractivity contribution in [1.29, 1.82) is 0 Å². The van der Waals surface area contributed by atoms with Gasteiger partial charge in [0.05, 0.1) is 10.6 Å². The van der Waals surface area contributed by atoms with E-state index < -0.39 is 22.8 Å². The number of carbonyl (C=O) groups is 3. The quantitative estimate of drug-likeness (QED) is 0.283. The fraction of sp³-hybridized carbons (Fsp3) is 0. The van der Waals surface area contributed by atoms with Gasteiger partial charge in [0.15, 0.2) is 0 Å². The number of non-ortho nitro benzene ring substituents is 1. The lowest BCUT2D eigenvalue weighted by atomic mass is 10.1. The summed E-state index contributed by atoms with van der Waals surface area (Å²) in [6.07, 6.45) is 1.20. The lowest BCUT2D eigenvalue weighted by Gasteiger charge is -2.26. The van der Waals surface area contributed by atoms with E-state index in [1.54, 1.807) is 12.1 Å². The van der Waals surface area contributed by atoms with Crippen LogP contribution in [0.2, 0.25) is 5.02 Å². The van der Waals surface area contributed by atoms with Gasteiger partial charge in [-0.25, -0.2) is 9.69 Å². The first-order valence-electron chi connectivity index (χ1n) is 8.85. The number of rotatable bonds is 4. The molecule has 31 heavy (non-hydrogen) atoms. The molecule has 1 aliphatic heterocycles. The Bertz CT molecular complexity index is 1260. The Labute approximate surface area is 179 Å². The summed E-state index contributed by atoms with van der Waals surface area (Å²) >= 11 is 5.84. The molecule has 2 heterocycles. The van der Waals surface area contributed by atoms with Gasteiger partial charge in [0.1, 0.15) is 17.1 Å². The second-order valence-electron chi connectivity index (χ2n) is 6.44. The Morgan fingerprint density at radius 1 is 1.03 bits per heavy atom. The highest BCUT2D eigenvalue weighted by atomic mass is 35.5. The Balaban J connectivity index is 1.66. The van der Waals surface area contributed by atoms with Gasteiger partial charge in [0.2, 0.25) is 0 Å². The zero-order valence-electron chi connectivity index (χ0n) is 15.6. The van der Waals surface area contributed by atoms with Crippen molar-refractivity contribution in [3.63, 3.8) is 0 Å². The van der Waals surface area contributed by atoms with Crippen molar-refractivity contribution in [2.45, 2.75) is 0 Å². The second-order valence-corrected chi connectivity index (χ2v) is 6.88. The zero-order valence-corrected chi connectivity index (χ0v) is 16.3. The van der Waals surface area contributed by atoms with E-state index >= 15 is 0 Å². The lowest BCUT2D eigenvalue weighted by Crippen LogP contribution is -2.54. The molecule has 1 saturated heterocycles. The molecule has 9 nitrogen and oxygen atoms in total. The van der Waals surface area contributed by atoms with E-state index in [4.69, 9.17) is 16.0 Å². The van der Waals surface area contributed by atoms with E-state index in [-0.39, 0.29) is 22.7 Å². The van der Waals surface area contributed by atoms with Crippen LogP contribution in [0.5, 0.6) is 0 Å². The monoisotopic (exact) mass is 437 g/mol. The normalized spacial score (nSPS) is 15.3. The van der Waals surface area contributed by atoms with Crippen LogP contribution in [0.4, 0.5) is 16.2 Å². The van der Waals surface area contributed by atoms with E-state index in [1.807, 2.05) is 0 Å². The molecule has 1 fully saturated rings. The van der Waals surface area contributed by atoms with Crippen LogP contribution in [-0.4, -0.2) is 22.8 Å². The smallest absolute Gasteiger partial charge is 0.335 e. The third-order valence-electron chi connectivity index (χ3n) is 4.44. The molecule has 4 amide bonds. The number of amides is 4. The fourth-order valence-corrected chi connectivity index (χ4v) is 3.11. The van der Waals surface area contributed by atoms with Crippen molar-refractivity contribution < 1.29 is 23.7 Å². The van der Waals surface area contributed by atoms with Crippen molar-refractivity contribution in [3.8, 4) is 11.3 Å². The summed E-state index contributed by atoms with van der Waals surface area (Å²) < 4.78 is 5.64. The van der Waals surface area contributed by atoms with Gasteiger partial charge in [-0.3, -0.25) is 25.0 Å². The van der Waals surface area contributed by atoms with Crippen LogP contribution in [0.15, 0.2) is 70.7 Å². The number of benzene rings is 2. The number of halogens is 1. The maximum Gasteiger partial charge on any atom is 0.335 e. The second kappa shape index (κ2) is 7.88. The van der Waals surface area contributed by atoms with Crippen molar-refractivity contribution in [1.82, 2.24) is 5.32 Å². The number of nitro benzene ring substituents is 1. The molecule has 0 radical (unpaired) electrons. The molecule has 3 aromatic rings. The fourth-order valence-electron chi connectivity index (χ4n) is 2.98. The summed E-state index contributed by atoms with van der Waals surface area (Å²) in [6, 6.07) is 14.0. The topological polar surface area (TPSA) is 123 Å². The highest BCUT2D eigenvalue weighted by Crippen LogP contribution is 2.28. The average molecular weight is 438 g/mol. The predicted molar refractivity (Wildman–Crippen MR) is 111 cm³/mol. The number of nitro groups is 1. The molecule has 10 heteroatoms. The highest BCUT2D eigenvalue weighted by molar-refractivity contribution is 6.39. The van der Waals surface area contributed by atoms with Crippen molar-refractivity contribution >= 4 is 46.9 Å². The van der Waals surface area contributed by atoms with Gasteiger partial charge in [-0.2, -0.15) is 0 Å². The summed E-state index contributed by atoms with van der Waals surface area (Å²) in [4.78, 5) is 48.6. The molecule has 0 atom stereocenters. The Morgan fingerprint density at radius 2 is 1.77 bits per heavy atom. The van der Waals surface area contributed by atoms with Crippen molar-refractivity contribution in [2.75, 3.05) is 4.90 Å². The number of furan rings is 1. The van der Waals surface area contributed by atoms with Crippen LogP contribution in [-0.2, 0) is 9.59 Å². The van der Waals surface area contributed by atoms with E-state index in [0.717, 1.165) is 4.90 Å². The number of nitrogens with zero attached hydrogens (tertiary/aromatic N) is 2. The molecular formula is C21H12ClN3O6. The molecule has 0 aliphatic carbocycles. The molecule has 0 saturated carbocycles. The van der Waals surface area contributed by atoms with Gasteiger partial charge in [0.25, 0.3) is 17.5 Å². The summed E-state index contributed by atoms with van der Waals surface area (Å²) in [7, 11) is 0. The molecule has 0 unspecified atom stereocenters. The van der Waals surface area contributed by atoms with E-state index in [2.05, 4.69) is 5.32 Å². The summed E-state index contributed by atoms with van der Waals surface area (Å²) in [5, 5.41) is 13.5. The van der Waals surface area contributed by atoms with Gasteiger partial charge >= 0.3 is 6.03 Å². The summed E-state index contributed by atoms with van der Waals surface area (Å²) in [5.74, 6) is -1.23. The van der Waals surface area contributed by atoms with Crippen molar-refractivity contribution in [2.24, 2.45) is 0 Å². The number of barbiturate groups is 1. The third kappa shape index (κ3) is 3.94. The molecule has 2 aromatic carbocycles. The largest absolute Gasteiger partial charge is 0.457 e. The Kier molecular flexibility index (Phi) is 5.10. The molecule has 1 aliphatic rings. The van der Waals surface area contributed by atoms with Gasteiger partial charge in [0, 0.05) is 22.7 Å². The van der Waals surface area contributed by atoms with E-state index in [0.29, 0.717) is 16.3 Å². The van der Waals surface area contributed by atoms with E-state index in [9.17, 15) is 24.5 Å². The third-order valence-corrected chi connectivity index (χ3v) is 4.69. The first-order chi connectivity index (χ1) is 14.8. The van der Waals surface area contributed by atoms with Crippen LogP contribution < -0.4 is 10.2 Å².